The van der Waals surface area contributed by atoms with Crippen LogP contribution in [-0.4, -0.2) is 27.2 Å². The highest BCUT2D eigenvalue weighted by Gasteiger charge is 2.32. The van der Waals surface area contributed by atoms with Crippen LogP contribution in [0.2, 0.25) is 0 Å². The molecule has 0 bridgehead atoms. The summed E-state index contributed by atoms with van der Waals surface area (Å²) in [5.41, 5.74) is 1.01. The van der Waals surface area contributed by atoms with Crippen molar-refractivity contribution in [1.82, 2.24) is 20.1 Å². The van der Waals surface area contributed by atoms with E-state index in [9.17, 15) is 18.0 Å². The van der Waals surface area contributed by atoms with Crippen LogP contribution in [0, 0.1) is 17.5 Å². The van der Waals surface area contributed by atoms with Crippen molar-refractivity contribution < 1.29 is 22.7 Å². The van der Waals surface area contributed by atoms with Crippen molar-refractivity contribution in [2.24, 2.45) is 7.05 Å². The highest BCUT2D eigenvalue weighted by Crippen LogP contribution is 2.33. The van der Waals surface area contributed by atoms with Gasteiger partial charge in [0, 0.05) is 36.9 Å². The van der Waals surface area contributed by atoms with Gasteiger partial charge in [0.25, 0.3) is 5.91 Å². The number of carbonyl (C=O) groups excluding carboxylic acids is 1. The Bertz CT molecular complexity index is 1130. The second kappa shape index (κ2) is 7.16. The van der Waals surface area contributed by atoms with Crippen molar-refractivity contribution in [1.29, 1.82) is 0 Å². The van der Waals surface area contributed by atoms with E-state index in [-0.39, 0.29) is 5.91 Å². The second-order valence-corrected chi connectivity index (χ2v) is 7.59. The standard InChI is InChI=1S/C21H19F3N4O2/c1-21(2,30-17-15(23)9-13(22)10-16(17)24)20-27-26-18(28(20)3)12-4-5-14-11(8-12)6-7-25-19(14)29/h4-5,8-10H,6-7H2,1-3H3,(H,25,29). The van der Waals surface area contributed by atoms with Crippen LogP contribution < -0.4 is 10.1 Å². The van der Waals surface area contributed by atoms with Crippen LogP contribution in [-0.2, 0) is 19.1 Å². The zero-order valence-electron chi connectivity index (χ0n) is 16.6. The Hall–Kier alpha value is -3.36. The van der Waals surface area contributed by atoms with E-state index >= 15 is 0 Å². The fraction of sp³-hybridized carbons (Fsp3) is 0.286. The van der Waals surface area contributed by atoms with Gasteiger partial charge in [-0.1, -0.05) is 6.07 Å². The van der Waals surface area contributed by atoms with E-state index < -0.39 is 28.8 Å². The predicted molar refractivity (Wildman–Crippen MR) is 102 cm³/mol. The molecule has 1 aliphatic heterocycles. The van der Waals surface area contributed by atoms with Gasteiger partial charge in [-0.25, -0.2) is 13.2 Å². The number of carbonyl (C=O) groups is 1. The zero-order valence-corrected chi connectivity index (χ0v) is 16.6. The van der Waals surface area contributed by atoms with Crippen molar-refractivity contribution in [2.45, 2.75) is 25.9 Å². The van der Waals surface area contributed by atoms with Gasteiger partial charge in [0.2, 0.25) is 0 Å². The molecule has 156 valence electrons. The maximum absolute atomic E-state index is 14.0. The highest BCUT2D eigenvalue weighted by molar-refractivity contribution is 5.97. The molecule has 0 aliphatic carbocycles. The van der Waals surface area contributed by atoms with E-state index in [1.54, 1.807) is 37.6 Å². The monoisotopic (exact) mass is 416 g/mol. The molecule has 1 aromatic heterocycles. The van der Waals surface area contributed by atoms with Gasteiger partial charge < -0.3 is 14.6 Å². The summed E-state index contributed by atoms with van der Waals surface area (Å²) in [6, 6.07) is 6.50. The van der Waals surface area contributed by atoms with E-state index in [0.717, 1.165) is 11.1 Å². The van der Waals surface area contributed by atoms with E-state index in [1.165, 1.54) is 0 Å². The Balaban J connectivity index is 1.68. The minimum Gasteiger partial charge on any atom is -0.474 e. The summed E-state index contributed by atoms with van der Waals surface area (Å²) in [6.07, 6.45) is 0.706. The number of fused-ring (bicyclic) bond motifs is 1. The van der Waals surface area contributed by atoms with Crippen LogP contribution in [0.4, 0.5) is 13.2 Å². The van der Waals surface area contributed by atoms with Gasteiger partial charge in [-0.15, -0.1) is 10.2 Å². The average molecular weight is 416 g/mol. The van der Waals surface area contributed by atoms with Crippen LogP contribution in [0.25, 0.3) is 11.4 Å². The first kappa shape index (κ1) is 19.9. The summed E-state index contributed by atoms with van der Waals surface area (Å²) in [7, 11) is 1.71. The molecule has 1 N–H and O–H groups in total. The number of aromatic nitrogens is 3. The Labute approximate surface area is 170 Å². The number of hydrogen-bond acceptors (Lipinski definition) is 4. The molecule has 0 saturated carbocycles. The third kappa shape index (κ3) is 3.40. The van der Waals surface area contributed by atoms with Gasteiger partial charge in [0.05, 0.1) is 0 Å². The van der Waals surface area contributed by atoms with Gasteiger partial charge in [-0.3, -0.25) is 4.79 Å². The van der Waals surface area contributed by atoms with E-state index in [2.05, 4.69) is 15.5 Å². The lowest BCUT2D eigenvalue weighted by atomic mass is 9.97. The average Bonchev–Trinajstić information content (AvgIpc) is 3.07. The van der Waals surface area contributed by atoms with Crippen LogP contribution >= 0.6 is 0 Å². The molecule has 1 amide bonds. The molecule has 2 aromatic carbocycles. The largest absolute Gasteiger partial charge is 0.474 e. The third-order valence-corrected chi connectivity index (χ3v) is 5.02. The molecule has 3 aromatic rings. The van der Waals surface area contributed by atoms with Gasteiger partial charge in [0.15, 0.2) is 34.6 Å². The summed E-state index contributed by atoms with van der Waals surface area (Å²) in [5.74, 6) is -3.29. The molecule has 6 nitrogen and oxygen atoms in total. The maximum Gasteiger partial charge on any atom is 0.251 e. The van der Waals surface area contributed by atoms with Crippen molar-refractivity contribution >= 4 is 5.91 Å². The fourth-order valence-electron chi connectivity index (χ4n) is 3.60. The molecule has 0 atom stereocenters. The SMILES string of the molecule is Cn1c(-c2ccc3c(c2)CCNC3=O)nnc1C(C)(C)Oc1c(F)cc(F)cc1F. The molecule has 4 rings (SSSR count). The molecule has 30 heavy (non-hydrogen) atoms. The molecule has 9 heteroatoms. The van der Waals surface area contributed by atoms with Crippen molar-refractivity contribution in [3.8, 4) is 17.1 Å². The van der Waals surface area contributed by atoms with Crippen LogP contribution in [0.1, 0.15) is 35.6 Å². The molecular formula is C21H19F3N4O2. The normalized spacial score (nSPS) is 13.7. The molecular weight excluding hydrogens is 397 g/mol. The van der Waals surface area contributed by atoms with Crippen molar-refractivity contribution in [3.63, 3.8) is 0 Å². The molecule has 2 heterocycles. The molecule has 1 aliphatic rings. The van der Waals surface area contributed by atoms with Gasteiger partial charge >= 0.3 is 0 Å². The number of amides is 1. The van der Waals surface area contributed by atoms with E-state index in [4.69, 9.17) is 4.74 Å². The second-order valence-electron chi connectivity index (χ2n) is 7.59. The highest BCUT2D eigenvalue weighted by atomic mass is 19.1. The van der Waals surface area contributed by atoms with Gasteiger partial charge in [-0.05, 0) is 38.0 Å². The predicted octanol–water partition coefficient (Wildman–Crippen LogP) is 3.50. The summed E-state index contributed by atoms with van der Waals surface area (Å²) >= 11 is 0. The first-order valence-corrected chi connectivity index (χ1v) is 9.32. The first-order valence-electron chi connectivity index (χ1n) is 9.32. The lowest BCUT2D eigenvalue weighted by Crippen LogP contribution is -2.31. The number of ether oxygens (including phenoxy) is 1. The Kier molecular flexibility index (Phi) is 4.76. The number of nitrogens with zero attached hydrogens (tertiary/aromatic N) is 3. The summed E-state index contributed by atoms with van der Waals surface area (Å²) in [5, 5.41) is 11.2. The van der Waals surface area contributed by atoms with Crippen LogP contribution in [0.3, 0.4) is 0 Å². The number of hydrogen-bond donors (Lipinski definition) is 1. The smallest absolute Gasteiger partial charge is 0.251 e. The Morgan fingerprint density at radius 1 is 1.10 bits per heavy atom. The number of halogens is 3. The molecule has 0 fully saturated rings. The Morgan fingerprint density at radius 2 is 1.80 bits per heavy atom. The quantitative estimate of drug-likeness (QED) is 0.707. The summed E-state index contributed by atoms with van der Waals surface area (Å²) in [6.45, 7) is 3.73. The molecule has 0 saturated heterocycles. The third-order valence-electron chi connectivity index (χ3n) is 5.02. The van der Waals surface area contributed by atoms with Gasteiger partial charge in [-0.2, -0.15) is 0 Å². The maximum atomic E-state index is 14.0. The molecule has 0 radical (unpaired) electrons. The zero-order chi connectivity index (χ0) is 21.6. The lowest BCUT2D eigenvalue weighted by molar-refractivity contribution is 0.0833. The number of rotatable bonds is 4. The van der Waals surface area contributed by atoms with E-state index in [0.29, 0.717) is 42.3 Å². The minimum atomic E-state index is -1.27. The Morgan fingerprint density at radius 3 is 2.50 bits per heavy atom. The molecule has 0 spiro atoms. The molecule has 0 unspecified atom stereocenters. The summed E-state index contributed by atoms with van der Waals surface area (Å²) in [4.78, 5) is 11.9. The van der Waals surface area contributed by atoms with Crippen molar-refractivity contribution in [3.05, 3.63) is 64.7 Å². The number of nitrogens with one attached hydrogen (secondary N) is 1. The topological polar surface area (TPSA) is 69.0 Å². The lowest BCUT2D eigenvalue weighted by Gasteiger charge is -2.26. The van der Waals surface area contributed by atoms with Crippen LogP contribution in [0.5, 0.6) is 5.75 Å². The van der Waals surface area contributed by atoms with E-state index in [1.807, 2.05) is 6.07 Å². The fourth-order valence-corrected chi connectivity index (χ4v) is 3.60. The van der Waals surface area contributed by atoms with Crippen LogP contribution in [0.15, 0.2) is 30.3 Å². The minimum absolute atomic E-state index is 0.112. The van der Waals surface area contributed by atoms with Gasteiger partial charge in [0.1, 0.15) is 5.82 Å². The first-order chi connectivity index (χ1) is 14.2. The number of benzene rings is 2. The summed E-state index contributed by atoms with van der Waals surface area (Å²) < 4.78 is 48.5. The van der Waals surface area contributed by atoms with Crippen molar-refractivity contribution in [2.75, 3.05) is 6.54 Å².